The fraction of sp³-hybridized carbons (Fsp3) is 1.00. The number of rotatable bonds is 4. The second kappa shape index (κ2) is 8.31. The van der Waals surface area contributed by atoms with Crippen LogP contribution in [-0.2, 0) is 14.2 Å². The Morgan fingerprint density at radius 1 is 0.731 bits per heavy atom. The van der Waals surface area contributed by atoms with Gasteiger partial charge in [0.2, 0.25) is 0 Å². The van der Waals surface area contributed by atoms with Crippen LogP contribution >= 0.6 is 0 Å². The summed E-state index contributed by atoms with van der Waals surface area (Å²) in [5.41, 5.74) is -0.552. The Bertz CT molecular complexity index is 453. The molecule has 10 heteroatoms. The molecule has 10 nitrogen and oxygen atoms in total. The van der Waals surface area contributed by atoms with Crippen LogP contribution in [0, 0.1) is 5.41 Å². The first kappa shape index (κ1) is 21.9. The van der Waals surface area contributed by atoms with Crippen LogP contribution in [0.4, 0.5) is 0 Å². The summed E-state index contributed by atoms with van der Waals surface area (Å²) < 4.78 is 16.4. The number of ether oxygens (including phenoxy) is 3. The van der Waals surface area contributed by atoms with E-state index in [0.717, 1.165) is 0 Å². The molecule has 2 rings (SSSR count). The number of aliphatic hydroxyl groups excluding tert-OH is 7. The summed E-state index contributed by atoms with van der Waals surface area (Å²) in [5.74, 6) is 0. The molecule has 0 amide bonds. The van der Waals surface area contributed by atoms with E-state index in [2.05, 4.69) is 0 Å². The number of hydrogen-bond acceptors (Lipinski definition) is 10. The molecule has 2 saturated heterocycles. The van der Waals surface area contributed by atoms with E-state index < -0.39 is 79.9 Å². The van der Waals surface area contributed by atoms with E-state index in [4.69, 9.17) is 14.2 Å². The van der Waals surface area contributed by atoms with Crippen LogP contribution in [0.5, 0.6) is 0 Å². The van der Waals surface area contributed by atoms with E-state index in [1.54, 1.807) is 20.8 Å². The van der Waals surface area contributed by atoms with Gasteiger partial charge in [-0.2, -0.15) is 0 Å². The molecule has 2 unspecified atom stereocenters. The van der Waals surface area contributed by atoms with E-state index in [0.29, 0.717) is 0 Å². The Hall–Kier alpha value is -0.400. The van der Waals surface area contributed by atoms with Gasteiger partial charge in [0.1, 0.15) is 48.8 Å². The molecule has 154 valence electrons. The second-order valence-corrected chi connectivity index (χ2v) is 7.92. The Kier molecular flexibility index (Phi) is 7.00. The largest absolute Gasteiger partial charge is 0.394 e. The van der Waals surface area contributed by atoms with E-state index >= 15 is 0 Å². The molecule has 0 saturated carbocycles. The smallest absolute Gasteiger partial charge is 0.187 e. The van der Waals surface area contributed by atoms with Crippen molar-refractivity contribution in [2.24, 2.45) is 5.41 Å². The summed E-state index contributed by atoms with van der Waals surface area (Å²) in [6, 6.07) is 0. The van der Waals surface area contributed by atoms with Crippen molar-refractivity contribution in [1.82, 2.24) is 0 Å². The third kappa shape index (κ3) is 4.20. The molecule has 26 heavy (non-hydrogen) atoms. The van der Waals surface area contributed by atoms with Gasteiger partial charge in [-0.25, -0.2) is 0 Å². The van der Waals surface area contributed by atoms with Crippen molar-refractivity contribution >= 4 is 0 Å². The molecule has 7 N–H and O–H groups in total. The Morgan fingerprint density at radius 3 is 1.77 bits per heavy atom. The van der Waals surface area contributed by atoms with Crippen LogP contribution in [0.1, 0.15) is 20.8 Å². The highest BCUT2D eigenvalue weighted by molar-refractivity contribution is 4.98. The van der Waals surface area contributed by atoms with Crippen LogP contribution in [0.25, 0.3) is 0 Å². The zero-order valence-corrected chi connectivity index (χ0v) is 15.0. The summed E-state index contributed by atoms with van der Waals surface area (Å²) in [4.78, 5) is 0. The van der Waals surface area contributed by atoms with Crippen LogP contribution in [-0.4, -0.2) is 110 Å². The van der Waals surface area contributed by atoms with Gasteiger partial charge in [0, 0.05) is 0 Å². The fourth-order valence-electron chi connectivity index (χ4n) is 3.30. The van der Waals surface area contributed by atoms with Crippen LogP contribution in [0.2, 0.25) is 0 Å². The molecule has 0 aliphatic carbocycles. The third-order valence-electron chi connectivity index (χ3n) is 4.86. The van der Waals surface area contributed by atoms with Crippen LogP contribution < -0.4 is 0 Å². The van der Waals surface area contributed by atoms with Crippen molar-refractivity contribution in [3.05, 3.63) is 0 Å². The zero-order chi connectivity index (χ0) is 19.8. The van der Waals surface area contributed by atoms with E-state index in [1.165, 1.54) is 0 Å². The lowest BCUT2D eigenvalue weighted by Crippen LogP contribution is -2.66. The first-order valence-electron chi connectivity index (χ1n) is 8.61. The lowest BCUT2D eigenvalue weighted by atomic mass is 9.80. The fourth-order valence-corrected chi connectivity index (χ4v) is 3.30. The molecule has 0 aromatic carbocycles. The first-order valence-corrected chi connectivity index (χ1v) is 8.61. The topological polar surface area (TPSA) is 169 Å². The van der Waals surface area contributed by atoms with Crippen molar-refractivity contribution in [2.45, 2.75) is 82.0 Å². The Labute approximate surface area is 151 Å². The van der Waals surface area contributed by atoms with Gasteiger partial charge < -0.3 is 50.0 Å². The molecule has 0 aromatic rings. The summed E-state index contributed by atoms with van der Waals surface area (Å²) in [5, 5.41) is 69.4. The minimum Gasteiger partial charge on any atom is -0.394 e. The lowest BCUT2D eigenvalue weighted by molar-refractivity contribution is -0.345. The van der Waals surface area contributed by atoms with Gasteiger partial charge in [-0.3, -0.25) is 0 Å². The van der Waals surface area contributed by atoms with Crippen LogP contribution in [0.15, 0.2) is 0 Å². The van der Waals surface area contributed by atoms with Gasteiger partial charge in [-0.05, 0) is 5.41 Å². The molecule has 2 fully saturated rings. The number of aliphatic hydroxyl groups is 7. The zero-order valence-electron chi connectivity index (χ0n) is 15.0. The van der Waals surface area contributed by atoms with Gasteiger partial charge in [0.25, 0.3) is 0 Å². The SMILES string of the molecule is CC(C)(C)C1O[C@H](CO)[C@@H](O)[C@H](OC2O[C@H](CO)[C@H](O)[C@H](O)[C@H]2O)[C@H]1O. The third-order valence-corrected chi connectivity index (χ3v) is 4.86. The second-order valence-electron chi connectivity index (χ2n) is 7.92. The van der Waals surface area contributed by atoms with Crippen molar-refractivity contribution in [1.29, 1.82) is 0 Å². The van der Waals surface area contributed by atoms with E-state index in [1.807, 2.05) is 0 Å². The van der Waals surface area contributed by atoms with Gasteiger partial charge >= 0.3 is 0 Å². The molecular formula is C16H30O10. The average molecular weight is 382 g/mol. The van der Waals surface area contributed by atoms with Gasteiger partial charge in [-0.1, -0.05) is 20.8 Å². The molecule has 0 aromatic heterocycles. The quantitative estimate of drug-likeness (QED) is 0.261. The maximum Gasteiger partial charge on any atom is 0.187 e. The Balaban J connectivity index is 2.21. The minimum atomic E-state index is -1.67. The van der Waals surface area contributed by atoms with Gasteiger partial charge in [0.05, 0.1) is 19.3 Å². The predicted molar refractivity (Wildman–Crippen MR) is 85.9 cm³/mol. The Morgan fingerprint density at radius 2 is 1.27 bits per heavy atom. The maximum atomic E-state index is 10.6. The monoisotopic (exact) mass is 382 g/mol. The predicted octanol–water partition coefficient (Wildman–Crippen LogP) is -3.30. The molecule has 0 bridgehead atoms. The first-order chi connectivity index (χ1) is 12.0. The molecule has 2 aliphatic heterocycles. The molecule has 2 aliphatic rings. The van der Waals surface area contributed by atoms with Gasteiger partial charge in [0.15, 0.2) is 6.29 Å². The van der Waals surface area contributed by atoms with E-state index in [-0.39, 0.29) is 0 Å². The molecule has 0 radical (unpaired) electrons. The van der Waals surface area contributed by atoms with Crippen molar-refractivity contribution in [3.8, 4) is 0 Å². The summed E-state index contributed by atoms with van der Waals surface area (Å²) in [7, 11) is 0. The molecule has 2 heterocycles. The average Bonchev–Trinajstić information content (AvgIpc) is 2.57. The minimum absolute atomic E-state index is 0.519. The standard InChI is InChI=1S/C16H30O10/c1-16(2,3)14-12(23)13(9(20)7(5-18)24-14)26-15-11(22)10(21)8(19)6(4-17)25-15/h6-15,17-23H,4-5H2,1-3H3/t6-,7-,8+,9-,10+,11-,12-,13+,14?,15?/m1/s1. The number of hydrogen-bond donors (Lipinski definition) is 7. The summed E-state index contributed by atoms with van der Waals surface area (Å²) in [6.45, 7) is 4.26. The van der Waals surface area contributed by atoms with Crippen molar-refractivity contribution in [3.63, 3.8) is 0 Å². The molecular weight excluding hydrogens is 352 g/mol. The maximum absolute atomic E-state index is 10.6. The highest BCUT2D eigenvalue weighted by atomic mass is 16.7. The highest BCUT2D eigenvalue weighted by Gasteiger charge is 2.52. The van der Waals surface area contributed by atoms with Gasteiger partial charge in [-0.15, -0.1) is 0 Å². The van der Waals surface area contributed by atoms with Crippen molar-refractivity contribution < 1.29 is 50.0 Å². The summed E-state index contributed by atoms with van der Waals surface area (Å²) >= 11 is 0. The van der Waals surface area contributed by atoms with Crippen LogP contribution in [0.3, 0.4) is 0 Å². The molecule has 10 atom stereocenters. The lowest BCUT2D eigenvalue weighted by Gasteiger charge is -2.49. The highest BCUT2D eigenvalue weighted by Crippen LogP contribution is 2.35. The summed E-state index contributed by atoms with van der Waals surface area (Å²) in [6.07, 6.45) is -13.4. The molecule has 0 spiro atoms. The normalized spacial score (nSPS) is 47.8. The van der Waals surface area contributed by atoms with Crippen molar-refractivity contribution in [2.75, 3.05) is 13.2 Å². The van der Waals surface area contributed by atoms with E-state index in [9.17, 15) is 35.7 Å².